The summed E-state index contributed by atoms with van der Waals surface area (Å²) >= 11 is 0. The molecule has 0 unspecified atom stereocenters. The van der Waals surface area contributed by atoms with Crippen LogP contribution in [0.3, 0.4) is 0 Å². The molecular formula is C31H42N4O3. The lowest BCUT2D eigenvalue weighted by atomic mass is 9.85. The Morgan fingerprint density at radius 2 is 1.63 bits per heavy atom. The topological polar surface area (TPSA) is 73.0 Å². The highest BCUT2D eigenvalue weighted by atomic mass is 16.2. The highest BCUT2D eigenvalue weighted by Gasteiger charge is 2.54. The zero-order valence-corrected chi connectivity index (χ0v) is 23.2. The first-order valence-corrected chi connectivity index (χ1v) is 14.1. The Bertz CT molecular complexity index is 1130. The summed E-state index contributed by atoms with van der Waals surface area (Å²) in [5.41, 5.74) is 3.24. The number of para-hydroxylation sites is 1. The molecule has 0 aromatic heterocycles. The summed E-state index contributed by atoms with van der Waals surface area (Å²) in [6, 6.07) is 15.8. The normalized spacial score (nSPS) is 16.8. The number of carbonyl (C=O) groups excluding carboxylic acids is 3. The highest BCUT2D eigenvalue weighted by Crippen LogP contribution is 2.39. The van der Waals surface area contributed by atoms with Crippen LogP contribution in [0.15, 0.2) is 48.5 Å². The van der Waals surface area contributed by atoms with Crippen molar-refractivity contribution in [3.8, 4) is 0 Å². The van der Waals surface area contributed by atoms with Gasteiger partial charge in [0.2, 0.25) is 11.8 Å². The summed E-state index contributed by atoms with van der Waals surface area (Å²) < 4.78 is 0. The van der Waals surface area contributed by atoms with Crippen molar-refractivity contribution in [3.63, 3.8) is 0 Å². The third kappa shape index (κ3) is 6.20. The third-order valence-electron chi connectivity index (χ3n) is 8.14. The standard InChI is InChI=1S/C31H42N4O3/c1-4-5-6-7-11-14-29(37)33-19-17-31(18-20-33)30(38)34(23-35(31)27-12-9-8-10-13-27)22-28(36)32-26-16-15-24(2)25(3)21-26/h8-10,12-13,15-16,21H,4-7,11,14,17-20,22-23H2,1-3H3,(H,32,36). The SMILES string of the molecule is CCCCCCCC(=O)N1CCC2(CC1)C(=O)N(CC(=O)Nc1ccc(C)c(C)c1)CN2c1ccccc1. The van der Waals surface area contributed by atoms with Crippen LogP contribution in [-0.2, 0) is 14.4 Å². The Morgan fingerprint density at radius 3 is 2.32 bits per heavy atom. The van der Waals surface area contributed by atoms with Crippen LogP contribution in [0.1, 0.15) is 69.4 Å². The number of piperidine rings is 1. The number of benzene rings is 2. The van der Waals surface area contributed by atoms with Gasteiger partial charge in [0.25, 0.3) is 5.91 Å². The van der Waals surface area contributed by atoms with Crippen molar-refractivity contribution in [2.45, 2.75) is 77.7 Å². The predicted molar refractivity (Wildman–Crippen MR) is 152 cm³/mol. The number of aryl methyl sites for hydroxylation is 2. The van der Waals surface area contributed by atoms with E-state index in [-0.39, 0.29) is 24.3 Å². The van der Waals surface area contributed by atoms with Gasteiger partial charge in [-0.25, -0.2) is 0 Å². The number of hydrogen-bond donors (Lipinski definition) is 1. The number of nitrogens with zero attached hydrogens (tertiary/aromatic N) is 3. The number of carbonyl (C=O) groups is 3. The fourth-order valence-corrected chi connectivity index (χ4v) is 5.68. The predicted octanol–water partition coefficient (Wildman–Crippen LogP) is 5.27. The van der Waals surface area contributed by atoms with E-state index in [4.69, 9.17) is 0 Å². The minimum atomic E-state index is -0.736. The molecule has 2 heterocycles. The monoisotopic (exact) mass is 518 g/mol. The molecule has 4 rings (SSSR count). The third-order valence-corrected chi connectivity index (χ3v) is 8.14. The van der Waals surface area contributed by atoms with Gasteiger partial charge in [-0.15, -0.1) is 0 Å². The van der Waals surface area contributed by atoms with Crippen molar-refractivity contribution < 1.29 is 14.4 Å². The summed E-state index contributed by atoms with van der Waals surface area (Å²) in [5.74, 6) is -0.0386. The van der Waals surface area contributed by atoms with Gasteiger partial charge in [-0.3, -0.25) is 14.4 Å². The molecule has 7 heteroatoms. The first-order valence-electron chi connectivity index (χ1n) is 14.1. The lowest BCUT2D eigenvalue weighted by molar-refractivity contribution is -0.139. The molecule has 2 aromatic rings. The van der Waals surface area contributed by atoms with Gasteiger partial charge in [0.15, 0.2) is 0 Å². The minimum Gasteiger partial charge on any atom is -0.342 e. The first-order chi connectivity index (χ1) is 18.3. The molecule has 2 fully saturated rings. The fraction of sp³-hybridized carbons (Fsp3) is 0.516. The molecule has 2 aliphatic heterocycles. The van der Waals surface area contributed by atoms with Crippen LogP contribution in [0.4, 0.5) is 11.4 Å². The van der Waals surface area contributed by atoms with Gasteiger partial charge in [-0.05, 0) is 68.5 Å². The van der Waals surface area contributed by atoms with Crippen molar-refractivity contribution in [1.29, 1.82) is 0 Å². The number of rotatable bonds is 10. The molecule has 0 radical (unpaired) electrons. The van der Waals surface area contributed by atoms with Crippen LogP contribution in [0.2, 0.25) is 0 Å². The number of nitrogens with one attached hydrogen (secondary N) is 1. The van der Waals surface area contributed by atoms with Crippen molar-refractivity contribution in [1.82, 2.24) is 9.80 Å². The Labute approximate surface area is 227 Å². The summed E-state index contributed by atoms with van der Waals surface area (Å²) in [7, 11) is 0. The summed E-state index contributed by atoms with van der Waals surface area (Å²) in [4.78, 5) is 45.5. The molecule has 2 aromatic carbocycles. The number of hydrogen-bond acceptors (Lipinski definition) is 4. The largest absolute Gasteiger partial charge is 0.342 e. The maximum Gasteiger partial charge on any atom is 0.250 e. The maximum atomic E-state index is 13.9. The van der Waals surface area contributed by atoms with Crippen LogP contribution >= 0.6 is 0 Å². The van der Waals surface area contributed by atoms with Crippen LogP contribution in [0.5, 0.6) is 0 Å². The molecule has 0 atom stereocenters. The molecule has 38 heavy (non-hydrogen) atoms. The maximum absolute atomic E-state index is 13.9. The van der Waals surface area contributed by atoms with E-state index >= 15 is 0 Å². The van der Waals surface area contributed by atoms with Gasteiger partial charge >= 0.3 is 0 Å². The van der Waals surface area contributed by atoms with E-state index < -0.39 is 5.54 Å². The second-order valence-electron chi connectivity index (χ2n) is 10.8. The molecular weight excluding hydrogens is 476 g/mol. The lowest BCUT2D eigenvalue weighted by Gasteiger charge is -2.43. The molecule has 204 valence electrons. The smallest absolute Gasteiger partial charge is 0.250 e. The number of amides is 3. The highest BCUT2D eigenvalue weighted by molar-refractivity contribution is 5.99. The second kappa shape index (κ2) is 12.5. The fourth-order valence-electron chi connectivity index (χ4n) is 5.68. The van der Waals surface area contributed by atoms with Crippen LogP contribution in [-0.4, -0.2) is 59.4 Å². The van der Waals surface area contributed by atoms with Crippen LogP contribution in [0, 0.1) is 13.8 Å². The van der Waals surface area contributed by atoms with Gasteiger partial charge < -0.3 is 20.0 Å². The molecule has 0 saturated carbocycles. The van der Waals surface area contributed by atoms with Gasteiger partial charge in [0.1, 0.15) is 12.1 Å². The van der Waals surface area contributed by atoms with Crippen molar-refractivity contribution >= 4 is 29.1 Å². The zero-order chi connectivity index (χ0) is 27.1. The van der Waals surface area contributed by atoms with E-state index in [1.807, 2.05) is 67.3 Å². The number of unbranched alkanes of at least 4 members (excludes halogenated alkanes) is 4. The van der Waals surface area contributed by atoms with Gasteiger partial charge in [-0.2, -0.15) is 0 Å². The van der Waals surface area contributed by atoms with Crippen molar-refractivity contribution in [3.05, 3.63) is 59.7 Å². The molecule has 1 N–H and O–H groups in total. The average Bonchev–Trinajstić information content (AvgIpc) is 3.17. The Morgan fingerprint density at radius 1 is 0.921 bits per heavy atom. The summed E-state index contributed by atoms with van der Waals surface area (Å²) in [5, 5.41) is 2.95. The minimum absolute atomic E-state index is 0.00273. The summed E-state index contributed by atoms with van der Waals surface area (Å²) in [6.07, 6.45) is 7.33. The molecule has 2 saturated heterocycles. The van der Waals surface area contributed by atoms with E-state index in [0.717, 1.165) is 29.8 Å². The molecule has 0 aliphatic carbocycles. The molecule has 1 spiro atoms. The lowest BCUT2D eigenvalue weighted by Crippen LogP contribution is -2.57. The molecule has 2 aliphatic rings. The average molecular weight is 519 g/mol. The van der Waals surface area contributed by atoms with E-state index in [2.05, 4.69) is 17.1 Å². The van der Waals surface area contributed by atoms with Crippen molar-refractivity contribution in [2.75, 3.05) is 36.5 Å². The van der Waals surface area contributed by atoms with E-state index in [1.54, 1.807) is 4.90 Å². The summed E-state index contributed by atoms with van der Waals surface area (Å²) in [6.45, 7) is 7.72. The Hall–Kier alpha value is -3.35. The second-order valence-corrected chi connectivity index (χ2v) is 10.8. The van der Waals surface area contributed by atoms with Gasteiger partial charge in [0, 0.05) is 30.9 Å². The molecule has 3 amide bonds. The van der Waals surface area contributed by atoms with Crippen LogP contribution < -0.4 is 10.2 Å². The van der Waals surface area contributed by atoms with E-state index in [9.17, 15) is 14.4 Å². The van der Waals surface area contributed by atoms with E-state index in [1.165, 1.54) is 24.8 Å². The zero-order valence-electron chi connectivity index (χ0n) is 23.2. The Balaban J connectivity index is 1.43. The van der Waals surface area contributed by atoms with E-state index in [0.29, 0.717) is 39.0 Å². The van der Waals surface area contributed by atoms with Crippen molar-refractivity contribution in [2.24, 2.45) is 0 Å². The quantitative estimate of drug-likeness (QED) is 0.435. The molecule has 7 nitrogen and oxygen atoms in total. The van der Waals surface area contributed by atoms with Gasteiger partial charge in [-0.1, -0.05) is 56.9 Å². The van der Waals surface area contributed by atoms with Crippen LogP contribution in [0.25, 0.3) is 0 Å². The van der Waals surface area contributed by atoms with Gasteiger partial charge in [0.05, 0.1) is 6.67 Å². The number of likely N-dealkylation sites (tertiary alicyclic amines) is 1. The number of anilines is 2. The Kier molecular flexibility index (Phi) is 9.08. The first kappa shape index (κ1) is 27.7. The molecule has 0 bridgehead atoms.